The van der Waals surface area contributed by atoms with Crippen molar-refractivity contribution >= 4 is 6.21 Å². The minimum absolute atomic E-state index is 0.212. The fourth-order valence-corrected chi connectivity index (χ4v) is 3.58. The first-order chi connectivity index (χ1) is 14.0. The maximum atomic E-state index is 11.0. The molecule has 29 heavy (non-hydrogen) atoms. The Labute approximate surface area is 166 Å². The van der Waals surface area contributed by atoms with E-state index < -0.39 is 30.4 Å². The van der Waals surface area contributed by atoms with E-state index in [-0.39, 0.29) is 11.5 Å². The molecule has 2 N–H and O–H groups in total. The van der Waals surface area contributed by atoms with Crippen LogP contribution in [0.1, 0.15) is 12.6 Å². The van der Waals surface area contributed by atoms with Crippen LogP contribution in [0.25, 0.3) is 11.4 Å². The molecule has 4 heterocycles. The van der Waals surface area contributed by atoms with Gasteiger partial charge in [-0.05, 0) is 19.1 Å². The fourth-order valence-electron chi connectivity index (χ4n) is 3.58. The molecule has 0 radical (unpaired) electrons. The number of ether oxygens (including phenoxy) is 5. The molecule has 2 aliphatic heterocycles. The lowest BCUT2D eigenvalue weighted by atomic mass is 9.95. The average molecular weight is 403 g/mol. The van der Waals surface area contributed by atoms with Crippen molar-refractivity contribution in [1.29, 1.82) is 0 Å². The Morgan fingerprint density at radius 1 is 1.31 bits per heavy atom. The largest absolute Gasteiger partial charge is 0.453 e. The van der Waals surface area contributed by atoms with Crippen molar-refractivity contribution in [2.75, 3.05) is 14.2 Å². The van der Waals surface area contributed by atoms with Crippen molar-refractivity contribution in [1.82, 2.24) is 9.97 Å². The highest BCUT2D eigenvalue weighted by Crippen LogP contribution is 2.48. The normalized spacial score (nSPS) is 30.9. The highest BCUT2D eigenvalue weighted by Gasteiger charge is 2.62. The summed E-state index contributed by atoms with van der Waals surface area (Å²) in [4.78, 5) is 8.75. The third-order valence-corrected chi connectivity index (χ3v) is 5.00. The minimum Gasteiger partial charge on any atom is -0.453 e. The maximum Gasteiger partial charge on any atom is 0.302 e. The molecule has 10 heteroatoms. The predicted molar refractivity (Wildman–Crippen MR) is 99.0 cm³/mol. The van der Waals surface area contributed by atoms with Crippen LogP contribution in [0.15, 0.2) is 35.6 Å². The molecular formula is C19H21N3O7. The number of oxime groups is 1. The molecule has 0 saturated carbocycles. The van der Waals surface area contributed by atoms with Crippen LogP contribution in [0.2, 0.25) is 0 Å². The number of hydrogen-bond donors (Lipinski definition) is 2. The topological polar surface area (TPSA) is 125 Å². The summed E-state index contributed by atoms with van der Waals surface area (Å²) in [7, 11) is 2.85. The van der Waals surface area contributed by atoms with Gasteiger partial charge in [0.05, 0.1) is 23.7 Å². The lowest BCUT2D eigenvalue weighted by Crippen LogP contribution is -2.71. The van der Waals surface area contributed by atoms with Gasteiger partial charge in [0.15, 0.2) is 17.6 Å². The molecule has 2 aromatic heterocycles. The second-order valence-electron chi connectivity index (χ2n) is 6.65. The molecule has 2 aliphatic rings. The summed E-state index contributed by atoms with van der Waals surface area (Å²) < 4.78 is 29.0. The van der Waals surface area contributed by atoms with Gasteiger partial charge >= 0.3 is 5.79 Å². The number of methoxy groups -OCH3 is 2. The van der Waals surface area contributed by atoms with E-state index >= 15 is 0 Å². The Bertz CT molecular complexity index is 910. The number of fused-ring (bicyclic) bond motifs is 2. The van der Waals surface area contributed by atoms with Crippen molar-refractivity contribution in [3.63, 3.8) is 0 Å². The zero-order valence-corrected chi connectivity index (χ0v) is 16.1. The molecule has 0 spiro atoms. The van der Waals surface area contributed by atoms with Gasteiger partial charge in [-0.3, -0.25) is 4.98 Å². The Kier molecular flexibility index (Phi) is 5.09. The molecule has 4 rings (SSSR count). The second-order valence-corrected chi connectivity index (χ2v) is 6.65. The van der Waals surface area contributed by atoms with E-state index in [1.165, 1.54) is 20.3 Å². The molecule has 0 aliphatic carbocycles. The SMILES string of the molecule is CO[C@H]1[C@H](C)O[C@H]2Oc3cc(/C=N\O)nc(-c4ccccn4)c3O[C@@]2(OC)[C@@H]1O. The average Bonchev–Trinajstić information content (AvgIpc) is 2.73. The van der Waals surface area contributed by atoms with Crippen molar-refractivity contribution in [2.45, 2.75) is 37.3 Å². The molecule has 1 saturated heterocycles. The van der Waals surface area contributed by atoms with Gasteiger partial charge in [-0.1, -0.05) is 11.2 Å². The van der Waals surface area contributed by atoms with Crippen LogP contribution < -0.4 is 9.47 Å². The number of pyridine rings is 2. The van der Waals surface area contributed by atoms with Gasteiger partial charge in [0.2, 0.25) is 0 Å². The van der Waals surface area contributed by atoms with Crippen LogP contribution >= 0.6 is 0 Å². The Balaban J connectivity index is 1.87. The number of nitrogens with zero attached hydrogens (tertiary/aromatic N) is 3. The van der Waals surface area contributed by atoms with E-state index in [4.69, 9.17) is 28.9 Å². The number of hydrogen-bond acceptors (Lipinski definition) is 10. The van der Waals surface area contributed by atoms with Crippen LogP contribution in [0.5, 0.6) is 11.5 Å². The van der Waals surface area contributed by atoms with Crippen LogP contribution in [0.4, 0.5) is 0 Å². The summed E-state index contributed by atoms with van der Waals surface area (Å²) in [5, 5.41) is 22.9. The summed E-state index contributed by atoms with van der Waals surface area (Å²) >= 11 is 0. The molecule has 0 bridgehead atoms. The monoisotopic (exact) mass is 403 g/mol. The first kappa shape index (κ1) is 19.5. The van der Waals surface area contributed by atoms with E-state index in [9.17, 15) is 5.11 Å². The Hall–Kier alpha value is -2.79. The molecule has 5 atom stereocenters. The zero-order chi connectivity index (χ0) is 20.6. The molecule has 0 unspecified atom stereocenters. The number of rotatable bonds is 4. The lowest BCUT2D eigenvalue weighted by Gasteiger charge is -2.51. The number of aromatic nitrogens is 2. The predicted octanol–water partition coefficient (Wildman–Crippen LogP) is 1.19. The summed E-state index contributed by atoms with van der Waals surface area (Å²) in [6.45, 7) is 1.76. The third-order valence-electron chi connectivity index (χ3n) is 5.00. The van der Waals surface area contributed by atoms with Crippen LogP contribution in [0, 0.1) is 0 Å². The van der Waals surface area contributed by atoms with Crippen molar-refractivity contribution in [3.05, 3.63) is 36.2 Å². The summed E-state index contributed by atoms with van der Waals surface area (Å²) in [6.07, 6.45) is -0.707. The standard InChI is InChI=1S/C19H21N3O7/c1-10-15(25-2)17(23)19(26-3)18(27-10)28-13-8-11(9-21-24)22-14(16(13)29-19)12-6-4-5-7-20-12/h4-10,15,17-18,23-24H,1-3H3/b21-9-/t10-,15-,17+,18-,19-/m0/s1. The molecule has 0 amide bonds. The Morgan fingerprint density at radius 2 is 2.14 bits per heavy atom. The highest BCUT2D eigenvalue weighted by atomic mass is 16.8. The van der Waals surface area contributed by atoms with Crippen molar-refractivity contribution < 1.29 is 34.0 Å². The minimum atomic E-state index is -1.68. The molecule has 1 fully saturated rings. The van der Waals surface area contributed by atoms with Gasteiger partial charge in [-0.25, -0.2) is 4.98 Å². The van der Waals surface area contributed by atoms with Gasteiger partial charge in [0.1, 0.15) is 11.8 Å². The van der Waals surface area contributed by atoms with E-state index in [0.717, 1.165) is 6.21 Å². The summed E-state index contributed by atoms with van der Waals surface area (Å²) in [5.74, 6) is -1.19. The van der Waals surface area contributed by atoms with E-state index in [1.54, 1.807) is 31.3 Å². The molecule has 0 aromatic carbocycles. The van der Waals surface area contributed by atoms with E-state index in [0.29, 0.717) is 17.1 Å². The molecule has 2 aromatic rings. The van der Waals surface area contributed by atoms with Gasteiger partial charge in [0.25, 0.3) is 6.29 Å². The molecule has 154 valence electrons. The second kappa shape index (κ2) is 7.56. The van der Waals surface area contributed by atoms with Crippen LogP contribution in [-0.4, -0.2) is 71.1 Å². The smallest absolute Gasteiger partial charge is 0.302 e. The van der Waals surface area contributed by atoms with Gasteiger partial charge in [-0.2, -0.15) is 0 Å². The maximum absolute atomic E-state index is 11.0. The Morgan fingerprint density at radius 3 is 2.79 bits per heavy atom. The van der Waals surface area contributed by atoms with Gasteiger partial charge < -0.3 is 34.0 Å². The quantitative estimate of drug-likeness (QED) is 0.440. The summed E-state index contributed by atoms with van der Waals surface area (Å²) in [5.41, 5.74) is 1.14. The van der Waals surface area contributed by atoms with Crippen molar-refractivity contribution in [3.8, 4) is 22.9 Å². The zero-order valence-electron chi connectivity index (χ0n) is 16.1. The number of aliphatic hydroxyl groups excluding tert-OH is 1. The van der Waals surface area contributed by atoms with E-state index in [1.807, 2.05) is 0 Å². The molecule has 10 nitrogen and oxygen atoms in total. The molecular weight excluding hydrogens is 382 g/mol. The highest BCUT2D eigenvalue weighted by molar-refractivity contribution is 5.81. The summed E-state index contributed by atoms with van der Waals surface area (Å²) in [6, 6.07) is 6.83. The van der Waals surface area contributed by atoms with Crippen LogP contribution in [-0.2, 0) is 14.2 Å². The first-order valence-corrected chi connectivity index (χ1v) is 8.95. The van der Waals surface area contributed by atoms with Crippen LogP contribution in [0.3, 0.4) is 0 Å². The first-order valence-electron chi connectivity index (χ1n) is 8.95. The van der Waals surface area contributed by atoms with E-state index in [2.05, 4.69) is 15.1 Å². The van der Waals surface area contributed by atoms with Crippen molar-refractivity contribution in [2.24, 2.45) is 5.16 Å². The van der Waals surface area contributed by atoms with Gasteiger partial charge in [0, 0.05) is 26.5 Å². The fraction of sp³-hybridized carbons (Fsp3) is 0.421. The number of aliphatic hydroxyl groups is 1. The lowest BCUT2D eigenvalue weighted by molar-refractivity contribution is -0.391. The van der Waals surface area contributed by atoms with Gasteiger partial charge in [-0.15, -0.1) is 0 Å². The third kappa shape index (κ3) is 3.10.